The van der Waals surface area contributed by atoms with E-state index in [2.05, 4.69) is 86.6 Å². The van der Waals surface area contributed by atoms with Gasteiger partial charge in [-0.05, 0) is 97.3 Å². The highest BCUT2D eigenvalue weighted by Crippen LogP contribution is 2.70. The Morgan fingerprint density at radius 1 is 0.600 bits per heavy atom. The van der Waals surface area contributed by atoms with Crippen molar-refractivity contribution in [1.82, 2.24) is 0 Å². The molecule has 3 saturated carbocycles. The van der Waals surface area contributed by atoms with Crippen LogP contribution in [-0.4, -0.2) is 0 Å². The third kappa shape index (κ3) is 3.22. The van der Waals surface area contributed by atoms with Gasteiger partial charge in [0, 0.05) is 0 Å². The lowest BCUT2D eigenvalue weighted by atomic mass is 9.92. The Bertz CT molecular complexity index is 1040. The lowest BCUT2D eigenvalue weighted by molar-refractivity contribution is 0.502. The highest BCUT2D eigenvalue weighted by atomic mass is 14.6. The molecule has 0 heteroatoms. The predicted octanol–water partition coefficient (Wildman–Crippen LogP) is 8.02. The van der Waals surface area contributed by atoms with Crippen LogP contribution in [0.25, 0.3) is 0 Å². The Balaban J connectivity index is 1.11. The summed E-state index contributed by atoms with van der Waals surface area (Å²) in [6.07, 6.45) is 6.90. The van der Waals surface area contributed by atoms with Crippen molar-refractivity contribution >= 4 is 0 Å². The van der Waals surface area contributed by atoms with Gasteiger partial charge in [-0.2, -0.15) is 0 Å². The molecule has 3 aliphatic rings. The van der Waals surface area contributed by atoms with Gasteiger partial charge in [0.15, 0.2) is 0 Å². The van der Waals surface area contributed by atoms with Crippen LogP contribution in [0.1, 0.15) is 89.2 Å². The molecule has 5 atom stereocenters. The summed E-state index contributed by atoms with van der Waals surface area (Å²) in [5.74, 6) is 3.03. The smallest absolute Gasteiger partial charge is 0.00868 e. The molecular weight excluding hydrogens is 360 g/mol. The van der Waals surface area contributed by atoms with Crippen LogP contribution in [0, 0.1) is 19.3 Å². The zero-order valence-electron chi connectivity index (χ0n) is 18.3. The van der Waals surface area contributed by atoms with E-state index in [0.717, 1.165) is 23.7 Å². The summed E-state index contributed by atoms with van der Waals surface area (Å²) in [6, 6.07) is 28.3. The minimum absolute atomic E-state index is 0.598. The summed E-state index contributed by atoms with van der Waals surface area (Å²) < 4.78 is 0. The molecule has 0 amide bonds. The van der Waals surface area contributed by atoms with Gasteiger partial charge in [0.05, 0.1) is 0 Å². The van der Waals surface area contributed by atoms with Gasteiger partial charge >= 0.3 is 0 Å². The van der Waals surface area contributed by atoms with Crippen molar-refractivity contribution in [1.29, 1.82) is 0 Å². The Hall–Kier alpha value is -2.34. The second-order valence-electron chi connectivity index (χ2n) is 10.5. The first-order valence-electron chi connectivity index (χ1n) is 11.8. The summed E-state index contributed by atoms with van der Waals surface area (Å²) in [6.45, 7) is 4.36. The van der Waals surface area contributed by atoms with Gasteiger partial charge in [0.2, 0.25) is 0 Å². The van der Waals surface area contributed by atoms with Gasteiger partial charge in [-0.3, -0.25) is 0 Å². The molecule has 0 bridgehead atoms. The van der Waals surface area contributed by atoms with Crippen molar-refractivity contribution in [3.05, 3.63) is 106 Å². The molecule has 0 radical (unpaired) electrons. The quantitative estimate of drug-likeness (QED) is 0.422. The van der Waals surface area contributed by atoms with Crippen LogP contribution >= 0.6 is 0 Å². The SMILES string of the molecule is Cc1ccc(C2CCC3(C2)CC3c2ccc(C3CC3c3ccc(C)cc3)cc2)cc1. The van der Waals surface area contributed by atoms with Crippen molar-refractivity contribution in [2.75, 3.05) is 0 Å². The average molecular weight is 393 g/mol. The molecular formula is C30H32. The molecule has 0 aromatic heterocycles. The van der Waals surface area contributed by atoms with Crippen molar-refractivity contribution in [3.63, 3.8) is 0 Å². The summed E-state index contributed by atoms with van der Waals surface area (Å²) in [4.78, 5) is 0. The van der Waals surface area contributed by atoms with Crippen LogP contribution < -0.4 is 0 Å². The van der Waals surface area contributed by atoms with E-state index in [4.69, 9.17) is 0 Å². The first kappa shape index (κ1) is 18.4. The molecule has 6 rings (SSSR count). The van der Waals surface area contributed by atoms with Crippen LogP contribution in [0.15, 0.2) is 72.8 Å². The number of rotatable bonds is 4. The van der Waals surface area contributed by atoms with E-state index in [1.54, 1.807) is 16.7 Å². The highest BCUT2D eigenvalue weighted by Gasteiger charge is 2.57. The summed E-state index contributed by atoms with van der Waals surface area (Å²) in [5, 5.41) is 0. The molecule has 3 aromatic carbocycles. The first-order chi connectivity index (χ1) is 14.6. The number of aryl methyl sites for hydroxylation is 2. The molecule has 5 unspecified atom stereocenters. The lowest BCUT2D eigenvalue weighted by Gasteiger charge is -2.13. The van der Waals surface area contributed by atoms with Gasteiger partial charge in [0.1, 0.15) is 0 Å². The molecule has 0 saturated heterocycles. The molecule has 3 aromatic rings. The van der Waals surface area contributed by atoms with Crippen molar-refractivity contribution < 1.29 is 0 Å². The topological polar surface area (TPSA) is 0 Å². The Kier molecular flexibility index (Phi) is 4.20. The maximum absolute atomic E-state index is 2.46. The predicted molar refractivity (Wildman–Crippen MR) is 125 cm³/mol. The van der Waals surface area contributed by atoms with Gasteiger partial charge in [0.25, 0.3) is 0 Å². The van der Waals surface area contributed by atoms with E-state index >= 15 is 0 Å². The van der Waals surface area contributed by atoms with Crippen LogP contribution in [0.3, 0.4) is 0 Å². The Morgan fingerprint density at radius 3 is 1.70 bits per heavy atom. The van der Waals surface area contributed by atoms with E-state index in [-0.39, 0.29) is 0 Å². The van der Waals surface area contributed by atoms with Crippen molar-refractivity contribution in [2.45, 2.75) is 69.6 Å². The van der Waals surface area contributed by atoms with Gasteiger partial charge in [-0.25, -0.2) is 0 Å². The number of hydrogen-bond donors (Lipinski definition) is 0. The molecule has 0 aliphatic heterocycles. The third-order valence-corrected chi connectivity index (χ3v) is 8.45. The van der Waals surface area contributed by atoms with Gasteiger partial charge < -0.3 is 0 Å². The maximum atomic E-state index is 2.46. The second kappa shape index (κ2) is 6.84. The fourth-order valence-electron chi connectivity index (χ4n) is 6.32. The zero-order chi connectivity index (χ0) is 20.3. The first-order valence-corrected chi connectivity index (χ1v) is 11.8. The monoisotopic (exact) mass is 392 g/mol. The minimum atomic E-state index is 0.598. The van der Waals surface area contributed by atoms with Gasteiger partial charge in [-0.15, -0.1) is 0 Å². The van der Waals surface area contributed by atoms with Crippen LogP contribution in [0.5, 0.6) is 0 Å². The minimum Gasteiger partial charge on any atom is -0.0590 e. The van der Waals surface area contributed by atoms with Gasteiger partial charge in [-0.1, -0.05) is 83.9 Å². The number of hydrogen-bond acceptors (Lipinski definition) is 0. The molecule has 0 heterocycles. The van der Waals surface area contributed by atoms with Crippen LogP contribution in [-0.2, 0) is 0 Å². The van der Waals surface area contributed by atoms with E-state index in [9.17, 15) is 0 Å². The largest absolute Gasteiger partial charge is 0.0590 e. The van der Waals surface area contributed by atoms with E-state index in [0.29, 0.717) is 5.41 Å². The summed E-state index contributed by atoms with van der Waals surface area (Å²) in [7, 11) is 0. The van der Waals surface area contributed by atoms with Crippen LogP contribution in [0.4, 0.5) is 0 Å². The maximum Gasteiger partial charge on any atom is -0.00868 e. The van der Waals surface area contributed by atoms with E-state index in [1.165, 1.54) is 48.8 Å². The van der Waals surface area contributed by atoms with E-state index in [1.807, 2.05) is 0 Å². The average Bonchev–Trinajstić information content (AvgIpc) is 3.65. The number of benzene rings is 3. The fraction of sp³-hybridized carbons (Fsp3) is 0.400. The van der Waals surface area contributed by atoms with Crippen molar-refractivity contribution in [2.24, 2.45) is 5.41 Å². The molecule has 1 spiro atoms. The molecule has 0 N–H and O–H groups in total. The normalized spacial score (nSPS) is 31.8. The zero-order valence-corrected chi connectivity index (χ0v) is 18.3. The van der Waals surface area contributed by atoms with Crippen molar-refractivity contribution in [3.8, 4) is 0 Å². The molecule has 30 heavy (non-hydrogen) atoms. The summed E-state index contributed by atoms with van der Waals surface area (Å²) in [5.41, 5.74) is 9.55. The Labute approximate surface area is 181 Å². The summed E-state index contributed by atoms with van der Waals surface area (Å²) >= 11 is 0. The molecule has 3 aliphatic carbocycles. The third-order valence-electron chi connectivity index (χ3n) is 8.45. The second-order valence-corrected chi connectivity index (χ2v) is 10.5. The van der Waals surface area contributed by atoms with Crippen LogP contribution in [0.2, 0.25) is 0 Å². The molecule has 152 valence electrons. The fourth-order valence-corrected chi connectivity index (χ4v) is 6.32. The molecule has 3 fully saturated rings. The standard InChI is InChI=1S/C30H32/c1-20-3-7-22(8-4-20)26-15-16-30(18-26)19-29(30)25-13-11-24(12-14-25)28-17-27(28)23-9-5-21(2)6-10-23/h3-14,26-29H,15-19H2,1-2H3. The Morgan fingerprint density at radius 2 is 1.10 bits per heavy atom. The highest BCUT2D eigenvalue weighted by molar-refractivity contribution is 5.41. The lowest BCUT2D eigenvalue weighted by Crippen LogP contribution is -1.99. The van der Waals surface area contributed by atoms with E-state index < -0.39 is 0 Å². The molecule has 0 nitrogen and oxygen atoms in total.